The number of fused-ring (bicyclic) bond motifs is 1. The Morgan fingerprint density at radius 2 is 1.58 bits per heavy atom. The standard InChI is InChI=1S/C29H31N3O4/c1-20-12-13-21(2)23(18-20)30-28(33)27(22-8-4-3-5-9-22)31-14-16-32(17-15-31)29(34)26-19-35-24-10-6-7-11-25(24)36-26/h3-13,18,26-27H,14-17,19H2,1-2H3,(H,30,33)/t26-,27-/m1/s1. The zero-order valence-electron chi connectivity index (χ0n) is 20.6. The predicted octanol–water partition coefficient (Wildman–Crippen LogP) is 3.97. The number of nitrogens with one attached hydrogen (secondary N) is 1. The molecule has 36 heavy (non-hydrogen) atoms. The molecule has 0 spiro atoms. The first kappa shape index (κ1) is 23.9. The maximum atomic E-state index is 13.6. The monoisotopic (exact) mass is 485 g/mol. The molecule has 3 aromatic carbocycles. The van der Waals surface area contributed by atoms with Gasteiger partial charge in [0.05, 0.1) is 0 Å². The number of benzene rings is 3. The summed E-state index contributed by atoms with van der Waals surface area (Å²) in [4.78, 5) is 30.7. The minimum Gasteiger partial charge on any atom is -0.485 e. The maximum Gasteiger partial charge on any atom is 0.267 e. The molecule has 0 unspecified atom stereocenters. The van der Waals surface area contributed by atoms with Crippen molar-refractivity contribution in [3.8, 4) is 11.5 Å². The van der Waals surface area contributed by atoms with Crippen molar-refractivity contribution in [2.45, 2.75) is 26.0 Å². The molecule has 0 radical (unpaired) electrons. The third kappa shape index (κ3) is 5.06. The van der Waals surface area contributed by atoms with Gasteiger partial charge in [-0.1, -0.05) is 54.6 Å². The smallest absolute Gasteiger partial charge is 0.267 e. The van der Waals surface area contributed by atoms with E-state index in [1.807, 2.05) is 91.5 Å². The summed E-state index contributed by atoms with van der Waals surface area (Å²) < 4.78 is 11.7. The Morgan fingerprint density at radius 1 is 0.889 bits per heavy atom. The average Bonchev–Trinajstić information content (AvgIpc) is 2.91. The van der Waals surface area contributed by atoms with E-state index in [9.17, 15) is 9.59 Å². The minimum absolute atomic E-state index is 0.0738. The fourth-order valence-corrected chi connectivity index (χ4v) is 4.78. The molecule has 2 aliphatic rings. The number of amides is 2. The van der Waals surface area contributed by atoms with Gasteiger partial charge in [-0.2, -0.15) is 0 Å². The quantitative estimate of drug-likeness (QED) is 0.592. The molecule has 2 amide bonds. The van der Waals surface area contributed by atoms with Crippen molar-refractivity contribution < 1.29 is 19.1 Å². The molecule has 0 bridgehead atoms. The van der Waals surface area contributed by atoms with Crippen LogP contribution in [0.5, 0.6) is 11.5 Å². The van der Waals surface area contributed by atoms with Gasteiger partial charge in [-0.15, -0.1) is 0 Å². The lowest BCUT2D eigenvalue weighted by atomic mass is 10.0. The van der Waals surface area contributed by atoms with Gasteiger partial charge in [0.25, 0.3) is 5.91 Å². The van der Waals surface area contributed by atoms with E-state index in [1.54, 1.807) is 0 Å². The summed E-state index contributed by atoms with van der Waals surface area (Å²) in [5.74, 6) is 1.09. The first-order valence-corrected chi connectivity index (χ1v) is 12.3. The number of hydrogen-bond acceptors (Lipinski definition) is 5. The number of ether oxygens (including phenoxy) is 2. The van der Waals surface area contributed by atoms with Crippen LogP contribution in [0.3, 0.4) is 0 Å². The van der Waals surface area contributed by atoms with Crippen LogP contribution in [0.25, 0.3) is 0 Å². The Labute approximate surface area is 211 Å². The Balaban J connectivity index is 1.27. The highest BCUT2D eigenvalue weighted by molar-refractivity contribution is 5.96. The molecule has 0 saturated carbocycles. The second kappa shape index (κ2) is 10.4. The van der Waals surface area contributed by atoms with Crippen LogP contribution < -0.4 is 14.8 Å². The molecule has 2 atom stereocenters. The summed E-state index contributed by atoms with van der Waals surface area (Å²) in [6.45, 7) is 6.39. The van der Waals surface area contributed by atoms with Gasteiger partial charge in [-0.3, -0.25) is 14.5 Å². The largest absolute Gasteiger partial charge is 0.485 e. The number of anilines is 1. The van der Waals surface area contributed by atoms with Crippen LogP contribution in [0, 0.1) is 13.8 Å². The van der Waals surface area contributed by atoms with E-state index in [-0.39, 0.29) is 18.4 Å². The first-order valence-electron chi connectivity index (χ1n) is 12.3. The molecule has 7 heteroatoms. The van der Waals surface area contributed by atoms with Crippen molar-refractivity contribution in [2.75, 3.05) is 38.1 Å². The Morgan fingerprint density at radius 3 is 2.33 bits per heavy atom. The summed E-state index contributed by atoms with van der Waals surface area (Å²) in [5, 5.41) is 3.14. The second-order valence-corrected chi connectivity index (χ2v) is 9.35. The minimum atomic E-state index is -0.663. The van der Waals surface area contributed by atoms with Crippen LogP contribution in [-0.2, 0) is 9.59 Å². The number of carbonyl (C=O) groups excluding carboxylic acids is 2. The number of hydrogen-bond donors (Lipinski definition) is 1. The van der Waals surface area contributed by atoms with E-state index in [4.69, 9.17) is 9.47 Å². The first-order chi connectivity index (χ1) is 17.5. The highest BCUT2D eigenvalue weighted by atomic mass is 16.6. The number of piperazine rings is 1. The lowest BCUT2D eigenvalue weighted by Gasteiger charge is -2.40. The van der Waals surface area contributed by atoms with Gasteiger partial charge in [0, 0.05) is 31.9 Å². The molecule has 0 aliphatic carbocycles. The van der Waals surface area contributed by atoms with Gasteiger partial charge in [-0.05, 0) is 48.7 Å². The maximum absolute atomic E-state index is 13.6. The van der Waals surface area contributed by atoms with Gasteiger partial charge < -0.3 is 19.7 Å². The third-order valence-electron chi connectivity index (χ3n) is 6.79. The van der Waals surface area contributed by atoms with Crippen molar-refractivity contribution >= 4 is 17.5 Å². The Bertz CT molecular complexity index is 1240. The molecule has 5 rings (SSSR count). The van der Waals surface area contributed by atoms with Gasteiger partial charge in [0.1, 0.15) is 12.6 Å². The van der Waals surface area contributed by atoms with Gasteiger partial charge in [0.2, 0.25) is 12.0 Å². The van der Waals surface area contributed by atoms with Crippen molar-refractivity contribution in [1.82, 2.24) is 9.80 Å². The van der Waals surface area contributed by atoms with E-state index in [2.05, 4.69) is 10.2 Å². The van der Waals surface area contributed by atoms with E-state index in [0.29, 0.717) is 37.7 Å². The summed E-state index contributed by atoms with van der Waals surface area (Å²) in [7, 11) is 0. The molecule has 2 heterocycles. The van der Waals surface area contributed by atoms with E-state index >= 15 is 0 Å². The van der Waals surface area contributed by atoms with Gasteiger partial charge in [0.15, 0.2) is 11.5 Å². The van der Waals surface area contributed by atoms with Crippen LogP contribution in [0.1, 0.15) is 22.7 Å². The molecule has 7 nitrogen and oxygen atoms in total. The summed E-state index contributed by atoms with van der Waals surface area (Å²) in [5.41, 5.74) is 3.87. The third-order valence-corrected chi connectivity index (χ3v) is 6.79. The summed E-state index contributed by atoms with van der Waals surface area (Å²) in [6.07, 6.45) is -0.663. The number of rotatable bonds is 5. The fraction of sp³-hybridized carbons (Fsp3) is 0.310. The van der Waals surface area contributed by atoms with Crippen LogP contribution in [0.2, 0.25) is 0 Å². The highest BCUT2D eigenvalue weighted by Gasteiger charge is 2.36. The number of para-hydroxylation sites is 2. The van der Waals surface area contributed by atoms with Crippen LogP contribution >= 0.6 is 0 Å². The zero-order valence-corrected chi connectivity index (χ0v) is 20.6. The lowest BCUT2D eigenvalue weighted by molar-refractivity contribution is -0.143. The second-order valence-electron chi connectivity index (χ2n) is 9.35. The van der Waals surface area contributed by atoms with Crippen molar-refractivity contribution in [3.63, 3.8) is 0 Å². The molecule has 2 aliphatic heterocycles. The molecule has 1 fully saturated rings. The topological polar surface area (TPSA) is 71.1 Å². The Hall–Kier alpha value is -3.84. The number of carbonyl (C=O) groups is 2. The van der Waals surface area contributed by atoms with Crippen molar-refractivity contribution in [3.05, 3.63) is 89.5 Å². The molecular weight excluding hydrogens is 454 g/mol. The molecule has 1 N–H and O–H groups in total. The average molecular weight is 486 g/mol. The normalized spacial score (nSPS) is 18.4. The van der Waals surface area contributed by atoms with Crippen molar-refractivity contribution in [2.24, 2.45) is 0 Å². The van der Waals surface area contributed by atoms with Crippen LogP contribution in [-0.4, -0.2) is 60.5 Å². The molecule has 186 valence electrons. The van der Waals surface area contributed by atoms with Crippen molar-refractivity contribution in [1.29, 1.82) is 0 Å². The summed E-state index contributed by atoms with van der Waals surface area (Å²) >= 11 is 0. The van der Waals surface area contributed by atoms with Gasteiger partial charge >= 0.3 is 0 Å². The molecule has 1 saturated heterocycles. The van der Waals surface area contributed by atoms with E-state index in [0.717, 1.165) is 22.4 Å². The van der Waals surface area contributed by atoms with Crippen LogP contribution in [0.4, 0.5) is 5.69 Å². The van der Waals surface area contributed by atoms with E-state index in [1.165, 1.54) is 0 Å². The lowest BCUT2D eigenvalue weighted by Crippen LogP contribution is -2.55. The summed E-state index contributed by atoms with van der Waals surface area (Å²) in [6, 6.07) is 22.8. The predicted molar refractivity (Wildman–Crippen MR) is 138 cm³/mol. The Kier molecular flexibility index (Phi) is 6.91. The number of aryl methyl sites for hydroxylation is 2. The highest BCUT2D eigenvalue weighted by Crippen LogP contribution is 2.32. The van der Waals surface area contributed by atoms with Crippen LogP contribution in [0.15, 0.2) is 72.8 Å². The molecule has 0 aromatic heterocycles. The fourth-order valence-electron chi connectivity index (χ4n) is 4.78. The molecular formula is C29H31N3O4. The van der Waals surface area contributed by atoms with E-state index < -0.39 is 12.1 Å². The molecule has 3 aromatic rings. The number of nitrogens with zero attached hydrogens (tertiary/aromatic N) is 2. The SMILES string of the molecule is Cc1ccc(C)c(NC(=O)[C@@H](c2ccccc2)N2CCN(C(=O)[C@H]3COc4ccccc4O3)CC2)c1. The van der Waals surface area contributed by atoms with Gasteiger partial charge in [-0.25, -0.2) is 0 Å². The zero-order chi connectivity index (χ0) is 25.1.